The van der Waals surface area contributed by atoms with Crippen LogP contribution in [0.4, 0.5) is 0 Å². The van der Waals surface area contributed by atoms with Gasteiger partial charge in [-0.15, -0.1) is 0 Å². The first-order valence-corrected chi connectivity index (χ1v) is 15.7. The average molecular weight is 548 g/mol. The van der Waals surface area contributed by atoms with Crippen molar-refractivity contribution in [3.05, 3.63) is 157 Å². The molecule has 3 heteroatoms. The molecule has 0 N–H and O–H groups in total. The van der Waals surface area contributed by atoms with Gasteiger partial charge in [-0.1, -0.05) is 115 Å². The molecule has 0 aliphatic carbocycles. The van der Waals surface area contributed by atoms with Gasteiger partial charge in [0.1, 0.15) is 0 Å². The van der Waals surface area contributed by atoms with E-state index >= 15 is 0 Å². The van der Waals surface area contributed by atoms with Gasteiger partial charge in [-0.05, 0) is 66.4 Å². The van der Waals surface area contributed by atoms with Crippen LogP contribution in [0.5, 0.6) is 0 Å². The Hall–Kier alpha value is -4.65. The highest BCUT2D eigenvalue weighted by atomic mass is 31.2. The molecule has 0 radical (unpaired) electrons. The molecule has 7 rings (SSSR count). The second-order valence-electron chi connectivity index (χ2n) is 10.6. The second kappa shape index (κ2) is 10.1. The molecular weight excluding hydrogens is 517 g/mol. The summed E-state index contributed by atoms with van der Waals surface area (Å²) in [7, 11) is -3.02. The minimum Gasteiger partial charge on any atom is -0.309 e. The van der Waals surface area contributed by atoms with Crippen molar-refractivity contribution in [3.63, 3.8) is 0 Å². The predicted molar refractivity (Wildman–Crippen MR) is 175 cm³/mol. The maximum absolute atomic E-state index is 14.9. The molecule has 0 spiro atoms. The molecular formula is C38H30NOP. The molecule has 1 aromatic heterocycles. The standard InChI is InChI=1S/C38H30NOP/c1-27-25-29(39-37-19-11-9-17-35(37)36-18-10-12-20-38(36)39)21-23-33(27)34-24-22-32(26-28(34)2)41(40,30-13-5-3-6-14-30)31-15-7-4-8-16-31/h3-26H,1-2H3. The third-order valence-corrected chi connectivity index (χ3v) is 11.2. The molecule has 7 aromatic rings. The maximum atomic E-state index is 14.9. The number of fused-ring (bicyclic) bond motifs is 3. The lowest BCUT2D eigenvalue weighted by Crippen LogP contribution is -2.25. The summed E-state index contributed by atoms with van der Waals surface area (Å²) in [5.41, 5.74) is 8.23. The van der Waals surface area contributed by atoms with Crippen LogP contribution in [0.1, 0.15) is 11.1 Å². The Labute approximate surface area is 240 Å². The highest BCUT2D eigenvalue weighted by molar-refractivity contribution is 7.85. The third kappa shape index (κ3) is 4.15. The number of hydrogen-bond acceptors (Lipinski definition) is 1. The summed E-state index contributed by atoms with van der Waals surface area (Å²) in [5.74, 6) is 0. The molecule has 198 valence electrons. The van der Waals surface area contributed by atoms with E-state index in [1.807, 2.05) is 60.7 Å². The molecule has 0 bridgehead atoms. The molecule has 41 heavy (non-hydrogen) atoms. The van der Waals surface area contributed by atoms with E-state index in [4.69, 9.17) is 0 Å². The zero-order chi connectivity index (χ0) is 28.0. The Balaban J connectivity index is 1.33. The quantitative estimate of drug-likeness (QED) is 0.198. The third-order valence-electron chi connectivity index (χ3n) is 8.15. The summed E-state index contributed by atoms with van der Waals surface area (Å²) in [6.45, 7) is 4.30. The molecule has 0 unspecified atom stereocenters. The van der Waals surface area contributed by atoms with Crippen molar-refractivity contribution in [1.29, 1.82) is 0 Å². The van der Waals surface area contributed by atoms with Gasteiger partial charge in [0.25, 0.3) is 0 Å². The molecule has 0 saturated carbocycles. The molecule has 0 aliphatic heterocycles. The Morgan fingerprint density at radius 3 is 1.44 bits per heavy atom. The number of hydrogen-bond donors (Lipinski definition) is 0. The van der Waals surface area contributed by atoms with Crippen LogP contribution in [0.25, 0.3) is 38.6 Å². The lowest BCUT2D eigenvalue weighted by molar-refractivity contribution is 0.592. The number of rotatable bonds is 5. The van der Waals surface area contributed by atoms with Gasteiger partial charge in [0.05, 0.1) is 11.0 Å². The van der Waals surface area contributed by atoms with E-state index in [-0.39, 0.29) is 0 Å². The van der Waals surface area contributed by atoms with Gasteiger partial charge in [-0.3, -0.25) is 0 Å². The monoisotopic (exact) mass is 547 g/mol. The second-order valence-corrected chi connectivity index (χ2v) is 13.4. The summed E-state index contributed by atoms with van der Waals surface area (Å²) in [4.78, 5) is 0. The fourth-order valence-corrected chi connectivity index (χ4v) is 8.90. The van der Waals surface area contributed by atoms with Crippen LogP contribution in [-0.4, -0.2) is 4.57 Å². The number of benzene rings is 6. The molecule has 0 saturated heterocycles. The van der Waals surface area contributed by atoms with Crippen LogP contribution >= 0.6 is 7.14 Å². The largest absolute Gasteiger partial charge is 0.309 e. The van der Waals surface area contributed by atoms with Gasteiger partial charge >= 0.3 is 0 Å². The van der Waals surface area contributed by atoms with Crippen LogP contribution in [0.2, 0.25) is 0 Å². The molecule has 2 nitrogen and oxygen atoms in total. The number of para-hydroxylation sites is 2. The van der Waals surface area contributed by atoms with Gasteiger partial charge in [0.15, 0.2) is 7.14 Å². The fraction of sp³-hybridized carbons (Fsp3) is 0.0526. The lowest BCUT2D eigenvalue weighted by Gasteiger charge is -2.21. The molecule has 1 heterocycles. The smallest absolute Gasteiger partial charge is 0.171 e. The summed E-state index contributed by atoms with van der Waals surface area (Å²) < 4.78 is 17.2. The topological polar surface area (TPSA) is 22.0 Å². The van der Waals surface area contributed by atoms with Crippen molar-refractivity contribution in [2.75, 3.05) is 0 Å². The Morgan fingerprint density at radius 1 is 0.463 bits per heavy atom. The fourth-order valence-electron chi connectivity index (χ4n) is 6.16. The van der Waals surface area contributed by atoms with Crippen molar-refractivity contribution in [2.24, 2.45) is 0 Å². The summed E-state index contributed by atoms with van der Waals surface area (Å²) in [6, 6.07) is 50.0. The van der Waals surface area contributed by atoms with Crippen molar-refractivity contribution in [2.45, 2.75) is 13.8 Å². The van der Waals surface area contributed by atoms with Gasteiger partial charge < -0.3 is 9.13 Å². The zero-order valence-corrected chi connectivity index (χ0v) is 24.1. The first-order chi connectivity index (χ1) is 20.1. The molecule has 0 fully saturated rings. The lowest BCUT2D eigenvalue weighted by atomic mass is 9.96. The van der Waals surface area contributed by atoms with E-state index in [0.717, 1.165) is 32.7 Å². The summed E-state index contributed by atoms with van der Waals surface area (Å²) in [5, 5.41) is 5.08. The van der Waals surface area contributed by atoms with E-state index in [2.05, 4.69) is 103 Å². The molecule has 0 amide bonds. The minimum atomic E-state index is -3.02. The average Bonchev–Trinajstić information content (AvgIpc) is 3.36. The Bertz CT molecular complexity index is 1990. The van der Waals surface area contributed by atoms with E-state index in [1.54, 1.807) is 0 Å². The normalized spacial score (nSPS) is 11.8. The van der Waals surface area contributed by atoms with Crippen molar-refractivity contribution in [3.8, 4) is 16.8 Å². The van der Waals surface area contributed by atoms with Gasteiger partial charge in [0, 0.05) is 32.4 Å². The molecule has 6 aromatic carbocycles. The van der Waals surface area contributed by atoms with Gasteiger partial charge in [-0.2, -0.15) is 0 Å². The van der Waals surface area contributed by atoms with Crippen LogP contribution < -0.4 is 15.9 Å². The SMILES string of the molecule is Cc1cc(-n2c3ccccc3c3ccccc32)ccc1-c1ccc(P(=O)(c2ccccc2)c2ccccc2)cc1C. The first-order valence-electron chi connectivity index (χ1n) is 14.0. The number of aromatic nitrogens is 1. The van der Waals surface area contributed by atoms with Crippen molar-refractivity contribution >= 4 is 44.9 Å². The Morgan fingerprint density at radius 2 is 0.927 bits per heavy atom. The number of nitrogens with zero attached hydrogens (tertiary/aromatic N) is 1. The van der Waals surface area contributed by atoms with Crippen LogP contribution in [0.15, 0.2) is 146 Å². The van der Waals surface area contributed by atoms with E-state index in [9.17, 15) is 4.57 Å². The highest BCUT2D eigenvalue weighted by Crippen LogP contribution is 2.43. The molecule has 0 aliphatic rings. The Kier molecular flexibility index (Phi) is 6.22. The van der Waals surface area contributed by atoms with Crippen LogP contribution in [0.3, 0.4) is 0 Å². The highest BCUT2D eigenvalue weighted by Gasteiger charge is 2.30. The maximum Gasteiger partial charge on any atom is 0.171 e. The van der Waals surface area contributed by atoms with E-state index in [1.165, 1.54) is 32.9 Å². The first kappa shape index (κ1) is 25.3. The zero-order valence-electron chi connectivity index (χ0n) is 23.2. The van der Waals surface area contributed by atoms with E-state index in [0.29, 0.717) is 0 Å². The summed E-state index contributed by atoms with van der Waals surface area (Å²) >= 11 is 0. The van der Waals surface area contributed by atoms with Crippen LogP contribution in [-0.2, 0) is 4.57 Å². The minimum absolute atomic E-state index is 0.852. The van der Waals surface area contributed by atoms with Crippen LogP contribution in [0, 0.1) is 13.8 Å². The number of aryl methyl sites for hydroxylation is 2. The van der Waals surface area contributed by atoms with Gasteiger partial charge in [-0.25, -0.2) is 0 Å². The van der Waals surface area contributed by atoms with Gasteiger partial charge in [0.2, 0.25) is 0 Å². The summed E-state index contributed by atoms with van der Waals surface area (Å²) in [6.07, 6.45) is 0. The predicted octanol–water partition coefficient (Wildman–Crippen LogP) is 8.71. The van der Waals surface area contributed by atoms with Crippen molar-refractivity contribution in [1.82, 2.24) is 4.57 Å². The van der Waals surface area contributed by atoms with E-state index < -0.39 is 7.14 Å². The van der Waals surface area contributed by atoms with Crippen molar-refractivity contribution < 1.29 is 4.57 Å². The molecule has 0 atom stereocenters.